The zero-order chi connectivity index (χ0) is 19.8. The number of carbonyl (C=O) groups is 2. The van der Waals surface area contributed by atoms with E-state index < -0.39 is 23.8 Å². The number of carboxylic acid groups (broad SMARTS) is 1. The minimum absolute atomic E-state index is 0.0682. The van der Waals surface area contributed by atoms with Crippen LogP contribution in [-0.2, 0) is 16.0 Å². The number of aliphatic hydroxyl groups excluding tert-OH is 1. The summed E-state index contributed by atoms with van der Waals surface area (Å²) in [5.74, 6) is -2.02. The summed E-state index contributed by atoms with van der Waals surface area (Å²) < 4.78 is 0. The lowest BCUT2D eigenvalue weighted by Crippen LogP contribution is -2.47. The van der Waals surface area contributed by atoms with Gasteiger partial charge in [-0.25, -0.2) is 0 Å². The molecule has 5 heteroatoms. The van der Waals surface area contributed by atoms with Crippen LogP contribution in [0.4, 0.5) is 0 Å². The monoisotopic (exact) mass is 375 g/mol. The Morgan fingerprint density at radius 1 is 1.15 bits per heavy atom. The van der Waals surface area contributed by atoms with Gasteiger partial charge in [0.15, 0.2) is 0 Å². The first-order chi connectivity index (χ1) is 12.9. The number of aliphatic hydroxyl groups is 1. The Hall–Kier alpha value is -1.88. The van der Waals surface area contributed by atoms with Crippen LogP contribution in [0.1, 0.15) is 51.5 Å². The van der Waals surface area contributed by atoms with Crippen LogP contribution in [-0.4, -0.2) is 34.7 Å². The molecule has 3 atom stereocenters. The quantitative estimate of drug-likeness (QED) is 0.586. The molecule has 1 aliphatic rings. The molecule has 0 heterocycles. The molecular formula is C22H33NO4. The SMILES string of the molecule is CC(C)CC(C(=O)NC(CO)Cc1ccccc1)C(C(=O)O)C1CCCC1. The summed E-state index contributed by atoms with van der Waals surface area (Å²) >= 11 is 0. The Morgan fingerprint density at radius 3 is 2.30 bits per heavy atom. The fourth-order valence-corrected chi connectivity index (χ4v) is 4.31. The molecule has 3 unspecified atom stereocenters. The second kappa shape index (κ2) is 10.5. The van der Waals surface area contributed by atoms with Gasteiger partial charge in [-0.2, -0.15) is 0 Å². The first-order valence-electron chi connectivity index (χ1n) is 10.1. The third-order valence-electron chi connectivity index (χ3n) is 5.58. The first kappa shape index (κ1) is 21.4. The molecule has 27 heavy (non-hydrogen) atoms. The molecule has 0 radical (unpaired) electrons. The van der Waals surface area contributed by atoms with E-state index in [4.69, 9.17) is 0 Å². The number of benzene rings is 1. The average Bonchev–Trinajstić information content (AvgIpc) is 3.14. The second-order valence-electron chi connectivity index (χ2n) is 8.22. The third kappa shape index (κ3) is 6.35. The Labute approximate surface area is 162 Å². The molecule has 0 saturated heterocycles. The number of hydrogen-bond donors (Lipinski definition) is 3. The lowest BCUT2D eigenvalue weighted by molar-refractivity contribution is -0.150. The molecule has 3 N–H and O–H groups in total. The van der Waals surface area contributed by atoms with Gasteiger partial charge < -0.3 is 15.5 Å². The topological polar surface area (TPSA) is 86.6 Å². The molecule has 0 bridgehead atoms. The predicted molar refractivity (Wildman–Crippen MR) is 105 cm³/mol. The van der Waals surface area contributed by atoms with Gasteiger partial charge in [-0.15, -0.1) is 0 Å². The van der Waals surface area contributed by atoms with Gasteiger partial charge in [0.25, 0.3) is 0 Å². The van der Waals surface area contributed by atoms with Crippen LogP contribution in [0.15, 0.2) is 30.3 Å². The first-order valence-corrected chi connectivity index (χ1v) is 10.1. The summed E-state index contributed by atoms with van der Waals surface area (Å²) in [5, 5.41) is 22.5. The maximum atomic E-state index is 13.1. The van der Waals surface area contributed by atoms with Crippen molar-refractivity contribution in [2.24, 2.45) is 23.7 Å². The fraction of sp³-hybridized carbons (Fsp3) is 0.636. The second-order valence-corrected chi connectivity index (χ2v) is 8.22. The molecule has 0 aromatic heterocycles. The Morgan fingerprint density at radius 2 is 1.78 bits per heavy atom. The molecule has 1 saturated carbocycles. The van der Waals surface area contributed by atoms with Gasteiger partial charge in [0.2, 0.25) is 5.91 Å². The molecule has 0 aliphatic heterocycles. The van der Waals surface area contributed by atoms with Crippen molar-refractivity contribution in [1.29, 1.82) is 0 Å². The Kier molecular flexibility index (Phi) is 8.29. The summed E-state index contributed by atoms with van der Waals surface area (Å²) in [6.45, 7) is 3.86. The number of carboxylic acids is 1. The van der Waals surface area contributed by atoms with Crippen molar-refractivity contribution in [2.45, 2.75) is 58.4 Å². The van der Waals surface area contributed by atoms with E-state index in [2.05, 4.69) is 5.32 Å². The number of hydrogen-bond acceptors (Lipinski definition) is 3. The smallest absolute Gasteiger partial charge is 0.307 e. The van der Waals surface area contributed by atoms with Crippen molar-refractivity contribution < 1.29 is 19.8 Å². The number of amides is 1. The van der Waals surface area contributed by atoms with Gasteiger partial charge >= 0.3 is 5.97 Å². The van der Waals surface area contributed by atoms with Gasteiger partial charge in [-0.1, -0.05) is 57.0 Å². The summed E-state index contributed by atoms with van der Waals surface area (Å²) in [7, 11) is 0. The van der Waals surface area contributed by atoms with Gasteiger partial charge in [-0.3, -0.25) is 9.59 Å². The van der Waals surface area contributed by atoms with Crippen molar-refractivity contribution in [2.75, 3.05) is 6.61 Å². The molecular weight excluding hydrogens is 342 g/mol. The van der Waals surface area contributed by atoms with E-state index in [0.717, 1.165) is 31.2 Å². The molecule has 0 spiro atoms. The predicted octanol–water partition coefficient (Wildman–Crippen LogP) is 3.26. The van der Waals surface area contributed by atoms with Crippen LogP contribution < -0.4 is 5.32 Å². The lowest BCUT2D eigenvalue weighted by atomic mass is 9.76. The summed E-state index contributed by atoms with van der Waals surface area (Å²) in [4.78, 5) is 25.1. The minimum Gasteiger partial charge on any atom is -0.481 e. The maximum Gasteiger partial charge on any atom is 0.307 e. The molecule has 1 aliphatic carbocycles. The largest absolute Gasteiger partial charge is 0.481 e. The van der Waals surface area contributed by atoms with Crippen molar-refractivity contribution in [3.63, 3.8) is 0 Å². The van der Waals surface area contributed by atoms with Crippen molar-refractivity contribution in [3.05, 3.63) is 35.9 Å². The van der Waals surface area contributed by atoms with E-state index in [0.29, 0.717) is 12.8 Å². The average molecular weight is 376 g/mol. The van der Waals surface area contributed by atoms with Gasteiger partial charge in [0.1, 0.15) is 0 Å². The zero-order valence-electron chi connectivity index (χ0n) is 16.4. The van der Waals surface area contributed by atoms with Crippen LogP contribution in [0.3, 0.4) is 0 Å². The number of carbonyl (C=O) groups excluding carboxylic acids is 1. The van der Waals surface area contributed by atoms with Crippen LogP contribution in [0, 0.1) is 23.7 Å². The van der Waals surface area contributed by atoms with Crippen molar-refractivity contribution >= 4 is 11.9 Å². The van der Waals surface area contributed by atoms with E-state index in [1.807, 2.05) is 44.2 Å². The molecule has 1 fully saturated rings. The zero-order valence-corrected chi connectivity index (χ0v) is 16.4. The van der Waals surface area contributed by atoms with Gasteiger partial charge in [0, 0.05) is 0 Å². The molecule has 1 aromatic rings. The van der Waals surface area contributed by atoms with E-state index in [1.54, 1.807) is 0 Å². The van der Waals surface area contributed by atoms with Gasteiger partial charge in [-0.05, 0) is 43.1 Å². The highest BCUT2D eigenvalue weighted by Crippen LogP contribution is 2.38. The lowest BCUT2D eigenvalue weighted by Gasteiger charge is -2.30. The Bertz CT molecular complexity index is 596. The molecule has 150 valence electrons. The summed E-state index contributed by atoms with van der Waals surface area (Å²) in [6.07, 6.45) is 4.91. The maximum absolute atomic E-state index is 13.1. The normalized spacial score (nSPS) is 18.2. The molecule has 1 amide bonds. The summed E-state index contributed by atoms with van der Waals surface area (Å²) in [5.41, 5.74) is 1.03. The standard InChI is InChI=1S/C22H33NO4/c1-15(2)12-19(20(22(26)27)17-10-6-7-11-17)21(25)23-18(14-24)13-16-8-4-3-5-9-16/h3-5,8-9,15,17-20,24H,6-7,10-14H2,1-2H3,(H,23,25)(H,26,27). The fourth-order valence-electron chi connectivity index (χ4n) is 4.31. The highest BCUT2D eigenvalue weighted by atomic mass is 16.4. The van der Waals surface area contributed by atoms with E-state index in [-0.39, 0.29) is 24.3 Å². The van der Waals surface area contributed by atoms with Gasteiger partial charge in [0.05, 0.1) is 24.5 Å². The van der Waals surface area contributed by atoms with E-state index >= 15 is 0 Å². The minimum atomic E-state index is -0.869. The van der Waals surface area contributed by atoms with Crippen LogP contribution in [0.25, 0.3) is 0 Å². The van der Waals surface area contributed by atoms with Crippen LogP contribution >= 0.6 is 0 Å². The molecule has 5 nitrogen and oxygen atoms in total. The molecule has 2 rings (SSSR count). The highest BCUT2D eigenvalue weighted by molar-refractivity contribution is 5.85. The number of nitrogens with one attached hydrogen (secondary N) is 1. The Balaban J connectivity index is 2.13. The van der Waals surface area contributed by atoms with Crippen LogP contribution in [0.5, 0.6) is 0 Å². The van der Waals surface area contributed by atoms with E-state index in [9.17, 15) is 19.8 Å². The summed E-state index contributed by atoms with van der Waals surface area (Å²) in [6, 6.07) is 9.28. The van der Waals surface area contributed by atoms with Crippen LogP contribution in [0.2, 0.25) is 0 Å². The van der Waals surface area contributed by atoms with E-state index in [1.165, 1.54) is 0 Å². The number of rotatable bonds is 10. The van der Waals surface area contributed by atoms with Crippen molar-refractivity contribution in [3.8, 4) is 0 Å². The molecule has 1 aromatic carbocycles. The van der Waals surface area contributed by atoms with Crippen molar-refractivity contribution in [1.82, 2.24) is 5.32 Å². The number of aliphatic carboxylic acids is 1. The highest BCUT2D eigenvalue weighted by Gasteiger charge is 2.41. The third-order valence-corrected chi connectivity index (χ3v) is 5.58.